The molecule has 301 valence electrons. The topological polar surface area (TPSA) is 76.5 Å². The van der Waals surface area contributed by atoms with E-state index in [-0.39, 0.29) is 47.9 Å². The summed E-state index contributed by atoms with van der Waals surface area (Å²) in [6.07, 6.45) is 7.62. The third-order valence-corrected chi connectivity index (χ3v) is 12.1. The van der Waals surface area contributed by atoms with Crippen molar-refractivity contribution in [3.8, 4) is 22.6 Å². The molecule has 0 aliphatic carbocycles. The van der Waals surface area contributed by atoms with Crippen LogP contribution in [-0.4, -0.2) is 15.9 Å². The maximum absolute atomic E-state index is 12.2. The largest absolute Gasteiger partial charge is 0.512 e. The Bertz CT molecular complexity index is 2340. The van der Waals surface area contributed by atoms with Crippen LogP contribution < -0.4 is 0 Å². The van der Waals surface area contributed by atoms with Crippen LogP contribution in [0.3, 0.4) is 0 Å². The van der Waals surface area contributed by atoms with E-state index in [0.29, 0.717) is 5.92 Å². The Morgan fingerprint density at radius 1 is 0.839 bits per heavy atom. The number of furan rings is 2. The smallest absolute Gasteiger partial charge is 0.164 e. The quantitative estimate of drug-likeness (QED) is 0.0796. The second-order valence-corrected chi connectivity index (χ2v) is 17.4. The van der Waals surface area contributed by atoms with Crippen LogP contribution >= 0.6 is 0 Å². The number of ketones is 1. The first-order chi connectivity index (χ1) is 25.9. The Kier molecular flexibility index (Phi) is 14.1. The van der Waals surface area contributed by atoms with Crippen molar-refractivity contribution in [2.45, 2.75) is 128 Å². The number of aliphatic hydroxyl groups is 1. The number of allylic oxidation sites excluding steroid dienone is 2. The van der Waals surface area contributed by atoms with Crippen LogP contribution in [-0.2, 0) is 36.7 Å². The van der Waals surface area contributed by atoms with E-state index in [1.807, 2.05) is 60.7 Å². The molecule has 0 aliphatic heterocycles. The third-order valence-electron chi connectivity index (χ3n) is 12.1. The molecule has 0 amide bonds. The Hall–Kier alpha value is -3.99. The molecule has 0 bridgehead atoms. The Morgan fingerprint density at radius 3 is 2.09 bits per heavy atom. The first kappa shape index (κ1) is 44.7. The second kappa shape index (κ2) is 17.7. The molecule has 0 unspecified atom stereocenters. The van der Waals surface area contributed by atoms with Crippen LogP contribution in [0.25, 0.3) is 55.3 Å². The van der Waals surface area contributed by atoms with Crippen molar-refractivity contribution >= 4 is 38.5 Å². The zero-order valence-corrected chi connectivity index (χ0v) is 38.3. The van der Waals surface area contributed by atoms with Crippen molar-refractivity contribution in [1.29, 1.82) is 0 Å². The molecule has 0 spiro atoms. The summed E-state index contributed by atoms with van der Waals surface area (Å²) in [5, 5.41) is 14.6. The maximum atomic E-state index is 12.2. The van der Waals surface area contributed by atoms with E-state index in [2.05, 4.69) is 96.1 Å². The fraction of sp³-hybridized carbons (Fsp3) is 0.440. The standard InChI is InChI=1S/C35H34NO2.C15H28O2.Ir/c1-20(2)16-23-12-13-29-27(17-23)32(22(4)37-29)34-21(3)31-30(38-34)14-15-36-33(31)25-18-24-10-8-9-11-26(24)28(19-25)35(5,6)7;1-7-14(5,8-2)12(16)11-13(17)15(6,9-3)10-4;/h8-15,17,19-20H,16H2,1-7H3;11,16H,7-10H2,1-6H3;/q-1;;/b;12-11-;. The number of nitrogens with zero attached hydrogens (tertiary/aromatic N) is 1. The van der Waals surface area contributed by atoms with Gasteiger partial charge in [-0.1, -0.05) is 111 Å². The summed E-state index contributed by atoms with van der Waals surface area (Å²) >= 11 is 0. The van der Waals surface area contributed by atoms with Crippen LogP contribution in [0.4, 0.5) is 0 Å². The summed E-state index contributed by atoms with van der Waals surface area (Å²) in [5.74, 6) is 2.59. The molecule has 1 radical (unpaired) electrons. The number of aryl methyl sites for hydroxylation is 2. The minimum atomic E-state index is -0.337. The van der Waals surface area contributed by atoms with Gasteiger partial charge in [-0.3, -0.25) is 9.78 Å². The van der Waals surface area contributed by atoms with Gasteiger partial charge in [-0.05, 0) is 86.6 Å². The molecule has 0 atom stereocenters. The number of rotatable bonds is 11. The SMILES string of the molecule is CCC(C)(CC)C(=O)/C=C(\O)C(C)(CC)CC.Cc1oc2ccc(CC(C)C)cc2c1-c1oc2ccnc(-c3[c-]c4ccccc4c(C(C)(C)C)c3)c2c1C.[Ir]. The van der Waals surface area contributed by atoms with Gasteiger partial charge in [0, 0.05) is 59.7 Å². The van der Waals surface area contributed by atoms with Gasteiger partial charge in [0.15, 0.2) is 5.78 Å². The number of fused-ring (bicyclic) bond motifs is 3. The molecule has 6 rings (SSSR count). The fourth-order valence-electron chi connectivity index (χ4n) is 7.44. The van der Waals surface area contributed by atoms with Crippen LogP contribution in [0, 0.1) is 36.7 Å². The van der Waals surface area contributed by atoms with Crippen LogP contribution in [0.15, 0.2) is 81.5 Å². The van der Waals surface area contributed by atoms with Crippen molar-refractivity contribution in [1.82, 2.24) is 4.98 Å². The first-order valence-corrected chi connectivity index (χ1v) is 20.2. The Morgan fingerprint density at radius 2 is 1.48 bits per heavy atom. The number of carbonyl (C=O) groups excluding carboxylic acids is 1. The number of hydrogen-bond acceptors (Lipinski definition) is 5. The predicted octanol–water partition coefficient (Wildman–Crippen LogP) is 14.6. The second-order valence-electron chi connectivity index (χ2n) is 17.4. The van der Waals surface area contributed by atoms with Crippen molar-refractivity contribution in [3.63, 3.8) is 0 Å². The minimum absolute atomic E-state index is 0. The van der Waals surface area contributed by atoms with Gasteiger partial charge in [0.25, 0.3) is 0 Å². The average Bonchev–Trinajstić information content (AvgIpc) is 3.67. The zero-order valence-electron chi connectivity index (χ0n) is 35.9. The minimum Gasteiger partial charge on any atom is -0.512 e. The molecule has 3 heterocycles. The van der Waals surface area contributed by atoms with Crippen LogP contribution in [0.2, 0.25) is 0 Å². The van der Waals surface area contributed by atoms with E-state index < -0.39 is 0 Å². The fourth-order valence-corrected chi connectivity index (χ4v) is 7.44. The van der Waals surface area contributed by atoms with Gasteiger partial charge in [0.2, 0.25) is 0 Å². The van der Waals surface area contributed by atoms with Gasteiger partial charge >= 0.3 is 0 Å². The van der Waals surface area contributed by atoms with Crippen LogP contribution in [0.1, 0.15) is 124 Å². The molecule has 1 N–H and O–H groups in total. The number of carbonyl (C=O) groups is 1. The summed E-state index contributed by atoms with van der Waals surface area (Å²) in [7, 11) is 0. The number of aromatic nitrogens is 1. The molecule has 0 aliphatic rings. The molecule has 3 aromatic heterocycles. The average molecular weight is 933 g/mol. The van der Waals surface area contributed by atoms with Crippen molar-refractivity contribution in [2.75, 3.05) is 0 Å². The maximum Gasteiger partial charge on any atom is 0.164 e. The summed E-state index contributed by atoms with van der Waals surface area (Å²) in [4.78, 5) is 17.1. The van der Waals surface area contributed by atoms with E-state index >= 15 is 0 Å². The van der Waals surface area contributed by atoms with Crippen LogP contribution in [0.5, 0.6) is 0 Å². The predicted molar refractivity (Wildman–Crippen MR) is 231 cm³/mol. The van der Waals surface area contributed by atoms with Gasteiger partial charge in [-0.25, -0.2) is 0 Å². The number of benzene rings is 3. The molecule has 6 heteroatoms. The van der Waals surface area contributed by atoms with E-state index in [1.165, 1.54) is 22.6 Å². The van der Waals surface area contributed by atoms with Gasteiger partial charge < -0.3 is 13.9 Å². The monoisotopic (exact) mass is 933 g/mol. The summed E-state index contributed by atoms with van der Waals surface area (Å²) in [6, 6.07) is 22.9. The molecule has 0 saturated heterocycles. The van der Waals surface area contributed by atoms with Gasteiger partial charge in [-0.2, -0.15) is 0 Å². The summed E-state index contributed by atoms with van der Waals surface area (Å²) in [6.45, 7) is 27.5. The summed E-state index contributed by atoms with van der Waals surface area (Å²) in [5.41, 5.74) is 7.69. The van der Waals surface area contributed by atoms with Crippen molar-refractivity contribution in [2.24, 2.45) is 16.7 Å². The molecule has 0 saturated carbocycles. The van der Waals surface area contributed by atoms with Gasteiger partial charge in [0.05, 0.1) is 5.56 Å². The zero-order chi connectivity index (χ0) is 40.5. The third kappa shape index (κ3) is 8.93. The Balaban J connectivity index is 0.000000330. The molecule has 3 aromatic carbocycles. The molecule has 0 fully saturated rings. The van der Waals surface area contributed by atoms with Crippen molar-refractivity contribution in [3.05, 3.63) is 101 Å². The molecule has 5 nitrogen and oxygen atoms in total. The number of pyridine rings is 1. The van der Waals surface area contributed by atoms with Gasteiger partial charge in [0.1, 0.15) is 28.4 Å². The summed E-state index contributed by atoms with van der Waals surface area (Å²) < 4.78 is 12.8. The number of hydrogen-bond donors (Lipinski definition) is 1. The molecule has 56 heavy (non-hydrogen) atoms. The van der Waals surface area contributed by atoms with Crippen molar-refractivity contribution < 1.29 is 38.8 Å². The molecular formula is C50H62IrNO4-. The van der Waals surface area contributed by atoms with E-state index in [1.54, 1.807) is 0 Å². The molecular weight excluding hydrogens is 871 g/mol. The van der Waals surface area contributed by atoms with Gasteiger partial charge in [-0.15, -0.1) is 29.1 Å². The van der Waals surface area contributed by atoms with E-state index in [4.69, 9.17) is 13.8 Å². The normalized spacial score (nSPS) is 12.6. The first-order valence-electron chi connectivity index (χ1n) is 20.2. The molecule has 6 aromatic rings. The van der Waals surface area contributed by atoms with E-state index in [0.717, 1.165) is 93.3 Å². The van der Waals surface area contributed by atoms with E-state index in [9.17, 15) is 9.90 Å². The Labute approximate surface area is 348 Å². The number of aliphatic hydroxyl groups excluding tert-OH is 1.